The zero-order chi connectivity index (χ0) is 11.5. The van der Waals surface area contributed by atoms with Gasteiger partial charge in [0.2, 0.25) is 0 Å². The van der Waals surface area contributed by atoms with Crippen LogP contribution in [0.1, 0.15) is 18.7 Å². The minimum absolute atomic E-state index is 0.153. The fraction of sp³-hybridized carbons (Fsp3) is 0.250. The van der Waals surface area contributed by atoms with Gasteiger partial charge in [0.15, 0.2) is 0 Å². The van der Waals surface area contributed by atoms with Crippen LogP contribution >= 0.6 is 0 Å². The van der Waals surface area contributed by atoms with Crippen molar-refractivity contribution in [2.45, 2.75) is 13.0 Å². The summed E-state index contributed by atoms with van der Waals surface area (Å²) >= 11 is 0. The fourth-order valence-electron chi connectivity index (χ4n) is 1.58. The zero-order valence-corrected chi connectivity index (χ0v) is 9.31. The molecular formula is C12H14N2O2. The van der Waals surface area contributed by atoms with Gasteiger partial charge in [-0.3, -0.25) is 0 Å². The van der Waals surface area contributed by atoms with Gasteiger partial charge in [-0.15, -0.1) is 0 Å². The Hall–Kier alpha value is -1.81. The van der Waals surface area contributed by atoms with E-state index in [1.165, 1.54) is 0 Å². The van der Waals surface area contributed by atoms with Crippen molar-refractivity contribution in [3.05, 3.63) is 36.2 Å². The average Bonchev–Trinajstić information content (AvgIpc) is 2.78. The molecule has 1 unspecified atom stereocenters. The second-order valence-corrected chi connectivity index (χ2v) is 3.63. The molecule has 0 aliphatic rings. The Morgan fingerprint density at radius 3 is 2.94 bits per heavy atom. The third kappa shape index (κ3) is 1.92. The Balaban J connectivity index is 2.46. The SMILES string of the molecule is COc1cccc(-c2conc2C(C)N)c1. The summed E-state index contributed by atoms with van der Waals surface area (Å²) in [5.74, 6) is 0.800. The van der Waals surface area contributed by atoms with Crippen LogP contribution in [0.5, 0.6) is 5.75 Å². The van der Waals surface area contributed by atoms with Crippen molar-refractivity contribution < 1.29 is 9.26 Å². The van der Waals surface area contributed by atoms with Crippen LogP contribution in [-0.4, -0.2) is 12.3 Å². The molecule has 1 atom stereocenters. The van der Waals surface area contributed by atoms with Crippen molar-refractivity contribution >= 4 is 0 Å². The molecule has 1 heterocycles. The van der Waals surface area contributed by atoms with Crippen molar-refractivity contribution in [1.82, 2.24) is 5.16 Å². The van der Waals surface area contributed by atoms with E-state index in [9.17, 15) is 0 Å². The van der Waals surface area contributed by atoms with E-state index in [4.69, 9.17) is 15.0 Å². The number of ether oxygens (including phenoxy) is 1. The number of methoxy groups -OCH3 is 1. The minimum Gasteiger partial charge on any atom is -0.497 e. The van der Waals surface area contributed by atoms with Gasteiger partial charge in [0, 0.05) is 11.6 Å². The number of hydrogen-bond acceptors (Lipinski definition) is 4. The lowest BCUT2D eigenvalue weighted by molar-refractivity contribution is 0.407. The Labute approximate surface area is 94.0 Å². The van der Waals surface area contributed by atoms with Crippen LogP contribution in [0.25, 0.3) is 11.1 Å². The Morgan fingerprint density at radius 2 is 2.25 bits per heavy atom. The van der Waals surface area contributed by atoms with E-state index in [1.807, 2.05) is 31.2 Å². The van der Waals surface area contributed by atoms with Crippen LogP contribution < -0.4 is 10.5 Å². The summed E-state index contributed by atoms with van der Waals surface area (Å²) in [5.41, 5.74) is 8.48. The van der Waals surface area contributed by atoms with Gasteiger partial charge in [-0.1, -0.05) is 17.3 Å². The molecular weight excluding hydrogens is 204 g/mol. The zero-order valence-electron chi connectivity index (χ0n) is 9.31. The molecule has 84 valence electrons. The maximum absolute atomic E-state index is 5.81. The lowest BCUT2D eigenvalue weighted by Gasteiger charge is -2.05. The van der Waals surface area contributed by atoms with Gasteiger partial charge in [0.05, 0.1) is 7.11 Å². The highest BCUT2D eigenvalue weighted by molar-refractivity contribution is 5.66. The normalized spacial score (nSPS) is 12.4. The van der Waals surface area contributed by atoms with Crippen molar-refractivity contribution in [3.8, 4) is 16.9 Å². The standard InChI is InChI=1S/C12H14N2O2/c1-8(13)12-11(7-16-14-12)9-4-3-5-10(6-9)15-2/h3-8H,13H2,1-2H3. The number of hydrogen-bond donors (Lipinski definition) is 1. The minimum atomic E-state index is -0.153. The van der Waals surface area contributed by atoms with Crippen LogP contribution in [0.2, 0.25) is 0 Å². The average molecular weight is 218 g/mol. The smallest absolute Gasteiger partial charge is 0.131 e. The van der Waals surface area contributed by atoms with Crippen LogP contribution in [0, 0.1) is 0 Å². The molecule has 16 heavy (non-hydrogen) atoms. The molecule has 1 aromatic heterocycles. The number of aromatic nitrogens is 1. The van der Waals surface area contributed by atoms with Crippen LogP contribution in [-0.2, 0) is 0 Å². The molecule has 4 nitrogen and oxygen atoms in total. The van der Waals surface area contributed by atoms with Crippen molar-refractivity contribution in [2.75, 3.05) is 7.11 Å². The molecule has 0 saturated carbocycles. The topological polar surface area (TPSA) is 61.3 Å². The molecule has 0 radical (unpaired) electrons. The highest BCUT2D eigenvalue weighted by atomic mass is 16.5. The Morgan fingerprint density at radius 1 is 1.44 bits per heavy atom. The molecule has 1 aromatic carbocycles. The van der Waals surface area contributed by atoms with E-state index in [0.29, 0.717) is 0 Å². The van der Waals surface area contributed by atoms with Crippen LogP contribution in [0.15, 0.2) is 35.1 Å². The maximum atomic E-state index is 5.81. The highest BCUT2D eigenvalue weighted by Gasteiger charge is 2.13. The van der Waals surface area contributed by atoms with E-state index >= 15 is 0 Å². The number of rotatable bonds is 3. The molecule has 4 heteroatoms. The highest BCUT2D eigenvalue weighted by Crippen LogP contribution is 2.28. The molecule has 0 amide bonds. The first-order chi connectivity index (χ1) is 7.72. The maximum Gasteiger partial charge on any atom is 0.131 e. The first kappa shape index (κ1) is 10.7. The fourth-order valence-corrected chi connectivity index (χ4v) is 1.58. The van der Waals surface area contributed by atoms with Gasteiger partial charge < -0.3 is 15.0 Å². The first-order valence-electron chi connectivity index (χ1n) is 5.06. The summed E-state index contributed by atoms with van der Waals surface area (Å²) < 4.78 is 10.1. The van der Waals surface area contributed by atoms with E-state index in [-0.39, 0.29) is 6.04 Å². The monoisotopic (exact) mass is 218 g/mol. The molecule has 0 fully saturated rings. The molecule has 0 bridgehead atoms. The second kappa shape index (κ2) is 4.37. The molecule has 0 aliphatic heterocycles. The third-order valence-electron chi connectivity index (χ3n) is 2.41. The number of nitrogens with zero attached hydrogens (tertiary/aromatic N) is 1. The molecule has 2 aromatic rings. The summed E-state index contributed by atoms with van der Waals surface area (Å²) in [6, 6.07) is 7.56. The van der Waals surface area contributed by atoms with Gasteiger partial charge in [-0.2, -0.15) is 0 Å². The van der Waals surface area contributed by atoms with Gasteiger partial charge in [0.25, 0.3) is 0 Å². The van der Waals surface area contributed by atoms with E-state index in [0.717, 1.165) is 22.6 Å². The summed E-state index contributed by atoms with van der Waals surface area (Å²) in [4.78, 5) is 0. The molecule has 0 spiro atoms. The summed E-state index contributed by atoms with van der Waals surface area (Å²) in [6.45, 7) is 1.88. The largest absolute Gasteiger partial charge is 0.497 e. The van der Waals surface area contributed by atoms with Crippen molar-refractivity contribution in [1.29, 1.82) is 0 Å². The first-order valence-corrected chi connectivity index (χ1v) is 5.06. The molecule has 2 N–H and O–H groups in total. The van der Waals surface area contributed by atoms with Crippen molar-refractivity contribution in [2.24, 2.45) is 5.73 Å². The quantitative estimate of drug-likeness (QED) is 0.859. The summed E-state index contributed by atoms with van der Waals surface area (Å²) in [7, 11) is 1.64. The van der Waals surface area contributed by atoms with E-state index in [1.54, 1.807) is 13.4 Å². The Bertz CT molecular complexity index is 477. The number of nitrogens with two attached hydrogens (primary N) is 1. The number of benzene rings is 1. The molecule has 0 aliphatic carbocycles. The van der Waals surface area contributed by atoms with Crippen LogP contribution in [0.4, 0.5) is 0 Å². The van der Waals surface area contributed by atoms with Crippen LogP contribution in [0.3, 0.4) is 0 Å². The van der Waals surface area contributed by atoms with Crippen molar-refractivity contribution in [3.63, 3.8) is 0 Å². The molecule has 2 rings (SSSR count). The van der Waals surface area contributed by atoms with Gasteiger partial charge in [-0.05, 0) is 24.6 Å². The van der Waals surface area contributed by atoms with E-state index < -0.39 is 0 Å². The lowest BCUT2D eigenvalue weighted by Crippen LogP contribution is -2.06. The predicted molar refractivity (Wildman–Crippen MR) is 61.1 cm³/mol. The third-order valence-corrected chi connectivity index (χ3v) is 2.41. The summed E-state index contributed by atoms with van der Waals surface area (Å²) in [6.07, 6.45) is 1.60. The van der Waals surface area contributed by atoms with Gasteiger partial charge >= 0.3 is 0 Å². The Kier molecular flexibility index (Phi) is 2.92. The van der Waals surface area contributed by atoms with Gasteiger partial charge in [-0.25, -0.2) is 0 Å². The van der Waals surface area contributed by atoms with E-state index in [2.05, 4.69) is 5.16 Å². The lowest BCUT2D eigenvalue weighted by atomic mass is 10.0. The second-order valence-electron chi connectivity index (χ2n) is 3.63. The predicted octanol–water partition coefficient (Wildman–Crippen LogP) is 2.37. The summed E-state index contributed by atoms with van der Waals surface area (Å²) in [5, 5.41) is 3.91. The molecule has 0 saturated heterocycles. The van der Waals surface area contributed by atoms with Gasteiger partial charge in [0.1, 0.15) is 17.7 Å².